The normalized spacial score (nSPS) is 14.6. The lowest BCUT2D eigenvalue weighted by Crippen LogP contribution is -2.32. The van der Waals surface area contributed by atoms with Crippen LogP contribution in [0.1, 0.15) is 21.5 Å². The zero-order valence-electron chi connectivity index (χ0n) is 16.0. The van der Waals surface area contributed by atoms with Crippen molar-refractivity contribution >= 4 is 35.1 Å². The summed E-state index contributed by atoms with van der Waals surface area (Å²) in [5.41, 5.74) is 3.84. The first-order valence-electron chi connectivity index (χ1n) is 9.54. The Morgan fingerprint density at radius 2 is 1.93 bits per heavy atom. The van der Waals surface area contributed by atoms with Crippen LogP contribution in [0.5, 0.6) is 0 Å². The van der Waals surface area contributed by atoms with E-state index >= 15 is 0 Å². The Bertz CT molecular complexity index is 925. The number of carbonyl (C=O) groups is 1. The Hall–Kier alpha value is -2.29. The third-order valence-electron chi connectivity index (χ3n) is 4.75. The number of para-hydroxylation sites is 1. The van der Waals surface area contributed by atoms with Gasteiger partial charge in [-0.15, -0.1) is 0 Å². The third kappa shape index (κ3) is 5.62. The zero-order valence-corrected chi connectivity index (χ0v) is 17.6. The fraction of sp³-hybridized carbons (Fsp3) is 0.286. The largest absolute Gasteiger partial charge is 0.322 e. The highest BCUT2D eigenvalue weighted by atomic mass is 32.2. The predicted molar refractivity (Wildman–Crippen MR) is 119 cm³/mol. The molecule has 1 saturated heterocycles. The van der Waals surface area contributed by atoms with Crippen LogP contribution in [0.15, 0.2) is 60.0 Å². The molecular formula is C21H23N5OS2. The standard InChI is InChI=1S/C21H23N5OS2/c27-20(17-7-5-16(6-8-17)14-29-21-22-15-23-25-21)24-19-4-2-1-3-18(19)13-26-9-11-28-12-10-26/h1-8,15H,9-14H2,(H,24,27)(H,22,23,25). The van der Waals surface area contributed by atoms with Gasteiger partial charge in [0.05, 0.1) is 0 Å². The van der Waals surface area contributed by atoms with E-state index in [1.54, 1.807) is 11.8 Å². The first kappa shape index (κ1) is 20.0. The molecule has 4 rings (SSSR count). The molecule has 3 aromatic rings. The van der Waals surface area contributed by atoms with Crippen LogP contribution >= 0.6 is 23.5 Å². The Morgan fingerprint density at radius 3 is 2.69 bits per heavy atom. The molecule has 0 radical (unpaired) electrons. The smallest absolute Gasteiger partial charge is 0.255 e. The number of aromatic amines is 1. The lowest BCUT2D eigenvalue weighted by Gasteiger charge is -2.27. The van der Waals surface area contributed by atoms with E-state index in [0.717, 1.165) is 47.4 Å². The molecule has 29 heavy (non-hydrogen) atoms. The maximum atomic E-state index is 12.8. The predicted octanol–water partition coefficient (Wildman–Crippen LogP) is 3.90. The fourth-order valence-electron chi connectivity index (χ4n) is 3.14. The number of hydrogen-bond donors (Lipinski definition) is 2. The summed E-state index contributed by atoms with van der Waals surface area (Å²) in [7, 11) is 0. The fourth-order valence-corrected chi connectivity index (χ4v) is 4.86. The SMILES string of the molecule is O=C(Nc1ccccc1CN1CCSCC1)c1ccc(CSc2ncn[nH]2)cc1. The summed E-state index contributed by atoms with van der Waals surface area (Å²) in [6, 6.07) is 15.8. The number of benzene rings is 2. The lowest BCUT2D eigenvalue weighted by atomic mass is 10.1. The van der Waals surface area contributed by atoms with Gasteiger partial charge in [-0.25, -0.2) is 4.98 Å². The Balaban J connectivity index is 1.37. The number of nitrogens with one attached hydrogen (secondary N) is 2. The second-order valence-corrected chi connectivity index (χ2v) is 8.96. The van der Waals surface area contributed by atoms with Gasteiger partial charge >= 0.3 is 0 Å². The highest BCUT2D eigenvalue weighted by Crippen LogP contribution is 2.22. The molecule has 150 valence electrons. The van der Waals surface area contributed by atoms with Gasteiger partial charge in [-0.2, -0.15) is 16.9 Å². The van der Waals surface area contributed by atoms with Crippen molar-refractivity contribution in [3.05, 3.63) is 71.5 Å². The number of amides is 1. The van der Waals surface area contributed by atoms with Crippen LogP contribution in [-0.4, -0.2) is 50.6 Å². The second kappa shape index (κ2) is 9.96. The number of nitrogens with zero attached hydrogens (tertiary/aromatic N) is 3. The molecule has 0 aliphatic carbocycles. The summed E-state index contributed by atoms with van der Waals surface area (Å²) in [4.78, 5) is 19.3. The van der Waals surface area contributed by atoms with Gasteiger partial charge in [-0.1, -0.05) is 42.1 Å². The number of anilines is 1. The van der Waals surface area contributed by atoms with E-state index in [1.165, 1.54) is 17.8 Å². The number of H-pyrrole nitrogens is 1. The van der Waals surface area contributed by atoms with Gasteiger partial charge in [0.15, 0.2) is 5.16 Å². The van der Waals surface area contributed by atoms with Crippen LogP contribution in [0, 0.1) is 0 Å². The minimum atomic E-state index is -0.0823. The van der Waals surface area contributed by atoms with E-state index in [-0.39, 0.29) is 5.91 Å². The molecule has 0 bridgehead atoms. The van der Waals surface area contributed by atoms with Gasteiger partial charge in [-0.05, 0) is 29.3 Å². The van der Waals surface area contributed by atoms with Crippen molar-refractivity contribution in [3.8, 4) is 0 Å². The highest BCUT2D eigenvalue weighted by Gasteiger charge is 2.14. The van der Waals surface area contributed by atoms with E-state index in [4.69, 9.17) is 0 Å². The van der Waals surface area contributed by atoms with Crippen molar-refractivity contribution in [2.45, 2.75) is 17.5 Å². The number of thioether (sulfide) groups is 2. The summed E-state index contributed by atoms with van der Waals surface area (Å²) >= 11 is 3.58. The topological polar surface area (TPSA) is 73.9 Å². The lowest BCUT2D eigenvalue weighted by molar-refractivity contribution is 0.102. The van der Waals surface area contributed by atoms with Gasteiger partial charge in [0.25, 0.3) is 5.91 Å². The summed E-state index contributed by atoms with van der Waals surface area (Å²) in [5, 5.41) is 10.6. The van der Waals surface area contributed by atoms with Crippen molar-refractivity contribution in [2.24, 2.45) is 0 Å². The van der Waals surface area contributed by atoms with Crippen LogP contribution in [0.25, 0.3) is 0 Å². The molecule has 0 atom stereocenters. The van der Waals surface area contributed by atoms with Crippen LogP contribution in [0.2, 0.25) is 0 Å². The molecule has 1 aliphatic rings. The maximum Gasteiger partial charge on any atom is 0.255 e. The third-order valence-corrected chi connectivity index (χ3v) is 6.64. The Kier molecular flexibility index (Phi) is 6.87. The van der Waals surface area contributed by atoms with Crippen molar-refractivity contribution in [1.29, 1.82) is 0 Å². The molecule has 1 aliphatic heterocycles. The van der Waals surface area contributed by atoms with Crippen LogP contribution in [0.3, 0.4) is 0 Å². The first-order chi connectivity index (χ1) is 14.3. The average Bonchev–Trinajstić information content (AvgIpc) is 3.28. The molecule has 1 fully saturated rings. The van der Waals surface area contributed by atoms with Crippen molar-refractivity contribution in [3.63, 3.8) is 0 Å². The van der Waals surface area contributed by atoms with Gasteiger partial charge in [0, 0.05) is 48.1 Å². The van der Waals surface area contributed by atoms with Gasteiger partial charge in [0.2, 0.25) is 0 Å². The van der Waals surface area contributed by atoms with Crippen molar-refractivity contribution in [2.75, 3.05) is 29.9 Å². The van der Waals surface area contributed by atoms with Crippen molar-refractivity contribution < 1.29 is 4.79 Å². The molecule has 2 heterocycles. The molecule has 0 spiro atoms. The van der Waals surface area contributed by atoms with E-state index in [2.05, 4.69) is 31.5 Å². The minimum Gasteiger partial charge on any atom is -0.322 e. The zero-order chi connectivity index (χ0) is 19.9. The van der Waals surface area contributed by atoms with Crippen LogP contribution in [0.4, 0.5) is 5.69 Å². The molecule has 0 unspecified atom stereocenters. The number of carbonyl (C=O) groups excluding carboxylic acids is 1. The minimum absolute atomic E-state index is 0.0823. The molecule has 2 aromatic carbocycles. The number of rotatable bonds is 7. The van der Waals surface area contributed by atoms with E-state index < -0.39 is 0 Å². The average molecular weight is 426 g/mol. The van der Waals surface area contributed by atoms with E-state index in [9.17, 15) is 4.79 Å². The van der Waals surface area contributed by atoms with E-state index in [1.807, 2.05) is 54.2 Å². The summed E-state index contributed by atoms with van der Waals surface area (Å²) in [5.74, 6) is 3.04. The van der Waals surface area contributed by atoms with E-state index in [0.29, 0.717) is 5.56 Å². The molecule has 2 N–H and O–H groups in total. The summed E-state index contributed by atoms with van der Waals surface area (Å²) in [6.45, 7) is 3.07. The van der Waals surface area contributed by atoms with Crippen LogP contribution < -0.4 is 5.32 Å². The van der Waals surface area contributed by atoms with Gasteiger partial charge in [-0.3, -0.25) is 14.8 Å². The number of hydrogen-bond acceptors (Lipinski definition) is 6. The quantitative estimate of drug-likeness (QED) is 0.560. The van der Waals surface area contributed by atoms with Crippen LogP contribution in [-0.2, 0) is 12.3 Å². The Morgan fingerprint density at radius 1 is 1.14 bits per heavy atom. The first-order valence-corrected chi connectivity index (χ1v) is 11.7. The molecule has 1 amide bonds. The molecule has 6 nitrogen and oxygen atoms in total. The van der Waals surface area contributed by atoms with Crippen molar-refractivity contribution in [1.82, 2.24) is 20.1 Å². The summed E-state index contributed by atoms with van der Waals surface area (Å²) in [6.07, 6.45) is 1.50. The number of aromatic nitrogens is 3. The van der Waals surface area contributed by atoms with Gasteiger partial charge in [0.1, 0.15) is 6.33 Å². The molecule has 0 saturated carbocycles. The molecule has 8 heteroatoms. The highest BCUT2D eigenvalue weighted by molar-refractivity contribution is 7.99. The second-order valence-electron chi connectivity index (χ2n) is 6.78. The monoisotopic (exact) mass is 425 g/mol. The molecule has 1 aromatic heterocycles. The summed E-state index contributed by atoms with van der Waals surface area (Å²) < 4.78 is 0. The maximum absolute atomic E-state index is 12.8. The van der Waals surface area contributed by atoms with Gasteiger partial charge < -0.3 is 5.32 Å². The molecular weight excluding hydrogens is 402 g/mol. The Labute approximate surface area is 178 Å².